The standard InChI is InChI=1S/C17H23FN4O/c1-12-7-14(18)5-6-15(12)16(23)11-22(4)10-13-8-19-17(20-9-13)21(2)3/h5-9,16,23H,10-11H2,1-4H3. The summed E-state index contributed by atoms with van der Waals surface area (Å²) < 4.78 is 13.1. The van der Waals surface area contributed by atoms with Crippen molar-refractivity contribution in [2.24, 2.45) is 0 Å². The van der Waals surface area contributed by atoms with Crippen molar-refractivity contribution in [1.29, 1.82) is 0 Å². The van der Waals surface area contributed by atoms with Gasteiger partial charge in [0.1, 0.15) is 5.82 Å². The number of aromatic nitrogens is 2. The van der Waals surface area contributed by atoms with Gasteiger partial charge in [-0.05, 0) is 37.2 Å². The molecule has 1 heterocycles. The highest BCUT2D eigenvalue weighted by atomic mass is 19.1. The Morgan fingerprint density at radius 3 is 2.39 bits per heavy atom. The molecule has 0 saturated heterocycles. The largest absolute Gasteiger partial charge is 0.387 e. The molecule has 0 amide bonds. The number of hydrogen-bond acceptors (Lipinski definition) is 5. The summed E-state index contributed by atoms with van der Waals surface area (Å²) in [6, 6.07) is 4.45. The fourth-order valence-corrected chi connectivity index (χ4v) is 2.44. The van der Waals surface area contributed by atoms with Crippen LogP contribution in [0.2, 0.25) is 0 Å². The van der Waals surface area contributed by atoms with Gasteiger partial charge in [-0.1, -0.05) is 6.07 Å². The average molecular weight is 318 g/mol. The fraction of sp³-hybridized carbons (Fsp3) is 0.412. The van der Waals surface area contributed by atoms with E-state index >= 15 is 0 Å². The molecule has 0 radical (unpaired) electrons. The number of nitrogens with zero attached hydrogens (tertiary/aromatic N) is 4. The first-order valence-electron chi connectivity index (χ1n) is 7.47. The van der Waals surface area contributed by atoms with E-state index in [2.05, 4.69) is 9.97 Å². The van der Waals surface area contributed by atoms with Crippen molar-refractivity contribution in [2.75, 3.05) is 32.6 Å². The molecule has 0 aliphatic carbocycles. The van der Waals surface area contributed by atoms with Gasteiger partial charge in [0, 0.05) is 45.1 Å². The van der Waals surface area contributed by atoms with Crippen LogP contribution in [-0.4, -0.2) is 47.7 Å². The van der Waals surface area contributed by atoms with Gasteiger partial charge < -0.3 is 10.0 Å². The van der Waals surface area contributed by atoms with E-state index < -0.39 is 6.10 Å². The predicted molar refractivity (Wildman–Crippen MR) is 88.8 cm³/mol. The van der Waals surface area contributed by atoms with Crippen molar-refractivity contribution < 1.29 is 9.50 Å². The van der Waals surface area contributed by atoms with E-state index in [0.717, 1.165) is 16.7 Å². The Hall–Kier alpha value is -2.05. The van der Waals surface area contributed by atoms with Gasteiger partial charge in [-0.15, -0.1) is 0 Å². The molecule has 0 saturated carbocycles. The molecule has 1 N–H and O–H groups in total. The van der Waals surface area contributed by atoms with Gasteiger partial charge in [0.2, 0.25) is 5.95 Å². The summed E-state index contributed by atoms with van der Waals surface area (Å²) in [5.74, 6) is 0.378. The van der Waals surface area contributed by atoms with E-state index in [4.69, 9.17) is 0 Å². The van der Waals surface area contributed by atoms with E-state index in [1.807, 2.05) is 30.9 Å². The van der Waals surface area contributed by atoms with Crippen LogP contribution in [0.4, 0.5) is 10.3 Å². The molecule has 0 bridgehead atoms. The molecule has 23 heavy (non-hydrogen) atoms. The number of aliphatic hydroxyl groups is 1. The summed E-state index contributed by atoms with van der Waals surface area (Å²) in [4.78, 5) is 12.4. The Morgan fingerprint density at radius 2 is 1.83 bits per heavy atom. The van der Waals surface area contributed by atoms with Crippen LogP contribution in [0.3, 0.4) is 0 Å². The third kappa shape index (κ3) is 4.71. The van der Waals surface area contributed by atoms with E-state index in [1.54, 1.807) is 25.4 Å². The second-order valence-corrected chi connectivity index (χ2v) is 6.00. The van der Waals surface area contributed by atoms with E-state index in [9.17, 15) is 9.50 Å². The summed E-state index contributed by atoms with van der Waals surface area (Å²) >= 11 is 0. The van der Waals surface area contributed by atoms with Crippen LogP contribution in [0.15, 0.2) is 30.6 Å². The van der Waals surface area contributed by atoms with Crippen molar-refractivity contribution in [3.63, 3.8) is 0 Å². The lowest BCUT2D eigenvalue weighted by atomic mass is 10.0. The normalized spacial score (nSPS) is 12.5. The number of anilines is 1. The molecule has 1 aromatic carbocycles. The Labute approximate surface area is 136 Å². The van der Waals surface area contributed by atoms with Crippen molar-refractivity contribution in [3.8, 4) is 0 Å². The SMILES string of the molecule is Cc1cc(F)ccc1C(O)CN(C)Cc1cnc(N(C)C)nc1. The molecule has 0 spiro atoms. The number of likely N-dealkylation sites (N-methyl/N-ethyl adjacent to an activating group) is 1. The smallest absolute Gasteiger partial charge is 0.224 e. The predicted octanol–water partition coefficient (Wildman–Crippen LogP) is 2.16. The fourth-order valence-electron chi connectivity index (χ4n) is 2.44. The monoisotopic (exact) mass is 318 g/mol. The molecule has 6 heteroatoms. The van der Waals surface area contributed by atoms with E-state index in [-0.39, 0.29) is 5.82 Å². The molecule has 2 aromatic rings. The lowest BCUT2D eigenvalue weighted by Crippen LogP contribution is -2.25. The second kappa shape index (κ2) is 7.48. The summed E-state index contributed by atoms with van der Waals surface area (Å²) in [5.41, 5.74) is 2.48. The number of benzene rings is 1. The molecular formula is C17H23FN4O. The third-order valence-electron chi connectivity index (χ3n) is 3.62. The van der Waals surface area contributed by atoms with Gasteiger partial charge in [-0.2, -0.15) is 0 Å². The van der Waals surface area contributed by atoms with Crippen LogP contribution in [-0.2, 0) is 6.54 Å². The quantitative estimate of drug-likeness (QED) is 0.884. The van der Waals surface area contributed by atoms with Crippen molar-refractivity contribution >= 4 is 5.95 Å². The van der Waals surface area contributed by atoms with Gasteiger partial charge in [-0.25, -0.2) is 14.4 Å². The Morgan fingerprint density at radius 1 is 1.17 bits per heavy atom. The Bertz CT molecular complexity index is 646. The van der Waals surface area contributed by atoms with Crippen LogP contribution in [0.1, 0.15) is 22.8 Å². The Balaban J connectivity index is 1.97. The lowest BCUT2D eigenvalue weighted by molar-refractivity contribution is 0.123. The van der Waals surface area contributed by atoms with Gasteiger partial charge in [0.15, 0.2) is 0 Å². The Kier molecular flexibility index (Phi) is 5.63. The third-order valence-corrected chi connectivity index (χ3v) is 3.62. The van der Waals surface area contributed by atoms with Crippen LogP contribution < -0.4 is 4.90 Å². The number of halogens is 1. The molecule has 1 unspecified atom stereocenters. The summed E-state index contributed by atoms with van der Waals surface area (Å²) in [6.07, 6.45) is 2.91. The first kappa shape index (κ1) is 17.3. The molecule has 5 nitrogen and oxygen atoms in total. The summed E-state index contributed by atoms with van der Waals surface area (Å²) in [5, 5.41) is 10.4. The summed E-state index contributed by atoms with van der Waals surface area (Å²) in [7, 11) is 5.70. The molecule has 124 valence electrons. The zero-order valence-electron chi connectivity index (χ0n) is 14.0. The van der Waals surface area contributed by atoms with Gasteiger partial charge in [-0.3, -0.25) is 4.90 Å². The maximum Gasteiger partial charge on any atom is 0.224 e. The number of aryl methyl sites for hydroxylation is 1. The second-order valence-electron chi connectivity index (χ2n) is 6.00. The van der Waals surface area contributed by atoms with Crippen molar-refractivity contribution in [1.82, 2.24) is 14.9 Å². The van der Waals surface area contributed by atoms with Crippen LogP contribution >= 0.6 is 0 Å². The maximum atomic E-state index is 13.1. The average Bonchev–Trinajstić information content (AvgIpc) is 2.47. The number of rotatable bonds is 6. The molecule has 1 aromatic heterocycles. The van der Waals surface area contributed by atoms with Gasteiger partial charge in [0.05, 0.1) is 6.10 Å². The minimum Gasteiger partial charge on any atom is -0.387 e. The molecule has 0 fully saturated rings. The van der Waals surface area contributed by atoms with E-state index in [0.29, 0.717) is 19.0 Å². The van der Waals surface area contributed by atoms with Gasteiger partial charge in [0.25, 0.3) is 0 Å². The molecular weight excluding hydrogens is 295 g/mol. The molecule has 1 atom stereocenters. The molecule has 0 aliphatic rings. The van der Waals surface area contributed by atoms with Crippen molar-refractivity contribution in [3.05, 3.63) is 53.1 Å². The molecule has 0 aliphatic heterocycles. The highest BCUT2D eigenvalue weighted by molar-refractivity contribution is 5.29. The maximum absolute atomic E-state index is 13.1. The van der Waals surface area contributed by atoms with Gasteiger partial charge >= 0.3 is 0 Å². The highest BCUT2D eigenvalue weighted by Crippen LogP contribution is 2.20. The number of hydrogen-bond donors (Lipinski definition) is 1. The zero-order valence-corrected chi connectivity index (χ0v) is 14.0. The highest BCUT2D eigenvalue weighted by Gasteiger charge is 2.14. The topological polar surface area (TPSA) is 52.5 Å². The van der Waals surface area contributed by atoms with Crippen molar-refractivity contribution in [2.45, 2.75) is 19.6 Å². The minimum atomic E-state index is -0.664. The van der Waals surface area contributed by atoms with Crippen LogP contribution in [0, 0.1) is 12.7 Å². The lowest BCUT2D eigenvalue weighted by Gasteiger charge is -2.22. The first-order valence-corrected chi connectivity index (χ1v) is 7.47. The van der Waals surface area contributed by atoms with Crippen LogP contribution in [0.25, 0.3) is 0 Å². The summed E-state index contributed by atoms with van der Waals surface area (Å²) in [6.45, 7) is 2.88. The molecule has 2 rings (SSSR count). The van der Waals surface area contributed by atoms with Crippen LogP contribution in [0.5, 0.6) is 0 Å². The number of aliphatic hydroxyl groups excluding tert-OH is 1. The first-order chi connectivity index (χ1) is 10.9. The minimum absolute atomic E-state index is 0.287. The van der Waals surface area contributed by atoms with E-state index in [1.165, 1.54) is 12.1 Å². The zero-order chi connectivity index (χ0) is 17.0.